The van der Waals surface area contributed by atoms with Gasteiger partial charge in [0.25, 0.3) is 0 Å². The van der Waals surface area contributed by atoms with Crippen LogP contribution in [-0.2, 0) is 19.6 Å². The molecule has 0 aliphatic carbocycles. The second-order valence-electron chi connectivity index (χ2n) is 5.12. The van der Waals surface area contributed by atoms with Gasteiger partial charge < -0.3 is 10.5 Å². The van der Waals surface area contributed by atoms with Gasteiger partial charge in [-0.25, -0.2) is 8.42 Å². The molecule has 0 amide bonds. The molecule has 0 radical (unpaired) electrons. The molecule has 0 heterocycles. The number of benzene rings is 1. The zero-order chi connectivity index (χ0) is 16.0. The minimum absolute atomic E-state index is 0.00912. The van der Waals surface area contributed by atoms with Crippen molar-refractivity contribution in [2.75, 3.05) is 25.9 Å². The average molecular weight is 314 g/mol. The Balaban J connectivity index is 3.06. The maximum atomic E-state index is 12.7. The maximum Gasteiger partial charge on any atom is 0.306 e. The number of methoxy groups -OCH3 is 1. The van der Waals surface area contributed by atoms with E-state index in [1.54, 1.807) is 18.2 Å². The Kier molecular flexibility index (Phi) is 6.17. The number of ether oxygens (including phenoxy) is 1. The SMILES string of the molecule is COC(=O)CCN(CC(C)C)S(=O)(=O)c1ccccc1N. The average Bonchev–Trinajstić information content (AvgIpc) is 2.42. The van der Waals surface area contributed by atoms with E-state index in [2.05, 4.69) is 4.74 Å². The van der Waals surface area contributed by atoms with Crippen molar-refractivity contribution in [1.29, 1.82) is 0 Å². The number of sulfonamides is 1. The molecule has 1 aromatic carbocycles. The molecule has 0 saturated heterocycles. The van der Waals surface area contributed by atoms with Crippen LogP contribution in [0.3, 0.4) is 0 Å². The summed E-state index contributed by atoms with van der Waals surface area (Å²) in [4.78, 5) is 11.3. The predicted molar refractivity (Wildman–Crippen MR) is 81.1 cm³/mol. The lowest BCUT2D eigenvalue weighted by molar-refractivity contribution is -0.140. The highest BCUT2D eigenvalue weighted by Gasteiger charge is 2.27. The summed E-state index contributed by atoms with van der Waals surface area (Å²) in [5, 5.41) is 0. The summed E-state index contributed by atoms with van der Waals surface area (Å²) in [7, 11) is -2.45. The minimum atomic E-state index is -3.73. The highest BCUT2D eigenvalue weighted by molar-refractivity contribution is 7.89. The van der Waals surface area contributed by atoms with Gasteiger partial charge in [0, 0.05) is 13.1 Å². The Morgan fingerprint density at radius 2 is 1.95 bits per heavy atom. The third-order valence-electron chi connectivity index (χ3n) is 2.90. The van der Waals surface area contributed by atoms with Gasteiger partial charge >= 0.3 is 5.97 Å². The lowest BCUT2D eigenvalue weighted by Crippen LogP contribution is -2.36. The van der Waals surface area contributed by atoms with Crippen LogP contribution in [0, 0.1) is 5.92 Å². The van der Waals surface area contributed by atoms with Crippen LogP contribution in [0.5, 0.6) is 0 Å². The number of esters is 1. The van der Waals surface area contributed by atoms with Gasteiger partial charge in [0.1, 0.15) is 4.90 Å². The molecule has 1 aromatic rings. The van der Waals surface area contributed by atoms with Gasteiger partial charge in [-0.1, -0.05) is 26.0 Å². The van der Waals surface area contributed by atoms with Crippen LogP contribution in [0.1, 0.15) is 20.3 Å². The first-order valence-corrected chi connectivity index (χ1v) is 8.14. The van der Waals surface area contributed by atoms with Crippen molar-refractivity contribution in [2.24, 2.45) is 5.92 Å². The second-order valence-corrected chi connectivity index (χ2v) is 7.03. The monoisotopic (exact) mass is 314 g/mol. The lowest BCUT2D eigenvalue weighted by atomic mass is 10.2. The second kappa shape index (κ2) is 7.42. The van der Waals surface area contributed by atoms with Gasteiger partial charge in [-0.3, -0.25) is 4.79 Å². The van der Waals surface area contributed by atoms with Gasteiger partial charge in [-0.05, 0) is 18.1 Å². The van der Waals surface area contributed by atoms with Gasteiger partial charge in [-0.2, -0.15) is 4.31 Å². The number of carbonyl (C=O) groups is 1. The molecule has 7 heteroatoms. The molecule has 0 aliphatic rings. The topological polar surface area (TPSA) is 89.7 Å². The Bertz CT molecular complexity index is 584. The van der Waals surface area contributed by atoms with Gasteiger partial charge in [0.2, 0.25) is 10.0 Å². The highest BCUT2D eigenvalue weighted by atomic mass is 32.2. The van der Waals surface area contributed by atoms with Crippen molar-refractivity contribution >= 4 is 21.7 Å². The smallest absolute Gasteiger partial charge is 0.306 e. The zero-order valence-corrected chi connectivity index (χ0v) is 13.4. The third kappa shape index (κ3) is 4.71. The number of hydrogen-bond donors (Lipinski definition) is 1. The molecular weight excluding hydrogens is 292 g/mol. The number of hydrogen-bond acceptors (Lipinski definition) is 5. The fourth-order valence-corrected chi connectivity index (χ4v) is 3.61. The number of para-hydroxylation sites is 1. The van der Waals surface area contributed by atoms with Crippen LogP contribution in [-0.4, -0.2) is 38.9 Å². The Labute approximate surface area is 125 Å². The molecule has 0 unspecified atom stereocenters. The fourth-order valence-electron chi connectivity index (χ4n) is 1.89. The van der Waals surface area contributed by atoms with Crippen LogP contribution in [0.4, 0.5) is 5.69 Å². The molecule has 21 heavy (non-hydrogen) atoms. The van der Waals surface area contributed by atoms with E-state index in [-0.39, 0.29) is 29.5 Å². The van der Waals surface area contributed by atoms with E-state index < -0.39 is 16.0 Å². The molecule has 0 spiro atoms. The molecule has 2 N–H and O–H groups in total. The molecule has 0 fully saturated rings. The van der Waals surface area contributed by atoms with E-state index >= 15 is 0 Å². The molecule has 0 aliphatic heterocycles. The Morgan fingerprint density at radius 1 is 1.33 bits per heavy atom. The Hall–Kier alpha value is -1.60. The van der Waals surface area contributed by atoms with Crippen molar-refractivity contribution in [3.8, 4) is 0 Å². The van der Waals surface area contributed by atoms with Crippen molar-refractivity contribution in [1.82, 2.24) is 4.31 Å². The number of anilines is 1. The van der Waals surface area contributed by atoms with Crippen LogP contribution < -0.4 is 5.73 Å². The number of nitrogen functional groups attached to an aromatic ring is 1. The van der Waals surface area contributed by atoms with Crippen LogP contribution in [0.25, 0.3) is 0 Å². The summed E-state index contributed by atoms with van der Waals surface area (Å²) in [6, 6.07) is 6.31. The third-order valence-corrected chi connectivity index (χ3v) is 4.84. The zero-order valence-electron chi connectivity index (χ0n) is 12.6. The predicted octanol–water partition coefficient (Wildman–Crippen LogP) is 1.48. The van der Waals surface area contributed by atoms with Crippen molar-refractivity contribution in [3.63, 3.8) is 0 Å². The van der Waals surface area contributed by atoms with Crippen molar-refractivity contribution in [3.05, 3.63) is 24.3 Å². The summed E-state index contributed by atoms with van der Waals surface area (Å²) in [5.41, 5.74) is 5.96. The summed E-state index contributed by atoms with van der Waals surface area (Å²) in [5.74, 6) is -0.317. The largest absolute Gasteiger partial charge is 0.469 e. The summed E-state index contributed by atoms with van der Waals surface area (Å²) in [6.07, 6.45) is 0.00912. The van der Waals surface area contributed by atoms with E-state index in [9.17, 15) is 13.2 Å². The normalized spacial score (nSPS) is 11.9. The fraction of sp³-hybridized carbons (Fsp3) is 0.500. The minimum Gasteiger partial charge on any atom is -0.469 e. The Morgan fingerprint density at radius 3 is 2.48 bits per heavy atom. The summed E-state index contributed by atoms with van der Waals surface area (Å²) >= 11 is 0. The van der Waals surface area contributed by atoms with Gasteiger partial charge in [0.05, 0.1) is 19.2 Å². The van der Waals surface area contributed by atoms with Gasteiger partial charge in [-0.15, -0.1) is 0 Å². The highest BCUT2D eigenvalue weighted by Crippen LogP contribution is 2.23. The number of carbonyl (C=O) groups excluding carboxylic acids is 1. The van der Waals surface area contributed by atoms with Crippen molar-refractivity contribution in [2.45, 2.75) is 25.2 Å². The van der Waals surface area contributed by atoms with Crippen LogP contribution >= 0.6 is 0 Å². The first-order valence-electron chi connectivity index (χ1n) is 6.70. The maximum absolute atomic E-state index is 12.7. The van der Waals surface area contributed by atoms with Gasteiger partial charge in [0.15, 0.2) is 0 Å². The molecule has 6 nitrogen and oxygen atoms in total. The van der Waals surface area contributed by atoms with E-state index in [0.29, 0.717) is 6.54 Å². The van der Waals surface area contributed by atoms with Crippen LogP contribution in [0.2, 0.25) is 0 Å². The molecular formula is C14H22N2O4S. The molecule has 118 valence electrons. The quantitative estimate of drug-likeness (QED) is 0.608. The van der Waals surface area contributed by atoms with E-state index in [0.717, 1.165) is 0 Å². The molecule has 0 bridgehead atoms. The number of rotatable bonds is 7. The van der Waals surface area contributed by atoms with E-state index in [1.807, 2.05) is 13.8 Å². The summed E-state index contributed by atoms with van der Waals surface area (Å²) in [6.45, 7) is 4.21. The molecule has 0 saturated carbocycles. The molecule has 0 atom stereocenters. The van der Waals surface area contributed by atoms with Crippen LogP contribution in [0.15, 0.2) is 29.2 Å². The van der Waals surface area contributed by atoms with E-state index in [4.69, 9.17) is 5.73 Å². The van der Waals surface area contributed by atoms with Crippen molar-refractivity contribution < 1.29 is 17.9 Å². The number of nitrogens with two attached hydrogens (primary N) is 1. The standard InChI is InChI=1S/C14H22N2O4S/c1-11(2)10-16(9-8-14(17)20-3)21(18,19)13-7-5-4-6-12(13)15/h4-7,11H,8-10,15H2,1-3H3. The van der Waals surface area contributed by atoms with E-state index in [1.165, 1.54) is 17.5 Å². The number of nitrogens with zero attached hydrogens (tertiary/aromatic N) is 1. The molecule has 1 rings (SSSR count). The lowest BCUT2D eigenvalue weighted by Gasteiger charge is -2.24. The summed E-state index contributed by atoms with van der Waals surface area (Å²) < 4.78 is 31.2. The first-order chi connectivity index (χ1) is 9.78. The molecule has 0 aromatic heterocycles. The first kappa shape index (κ1) is 17.5.